The summed E-state index contributed by atoms with van der Waals surface area (Å²) in [6, 6.07) is 0. The van der Waals surface area contributed by atoms with Crippen LogP contribution in [0.4, 0.5) is 0 Å². The number of nitrogens with two attached hydrogens (primary N) is 1. The Balaban J connectivity index is 3.37. The molecule has 0 aliphatic carbocycles. The molecule has 0 aliphatic heterocycles. The van der Waals surface area contributed by atoms with Crippen LogP contribution in [0.3, 0.4) is 0 Å². The summed E-state index contributed by atoms with van der Waals surface area (Å²) in [4.78, 5) is 17.0. The van der Waals surface area contributed by atoms with Crippen LogP contribution in [0.2, 0.25) is 0 Å². The molecule has 0 aromatic carbocycles. The van der Waals surface area contributed by atoms with Gasteiger partial charge >= 0.3 is 0 Å². The van der Waals surface area contributed by atoms with Crippen molar-refractivity contribution in [1.82, 2.24) is 10.4 Å². The van der Waals surface area contributed by atoms with E-state index in [4.69, 9.17) is 5.84 Å². The number of carbonyl (C=O) groups is 1. The van der Waals surface area contributed by atoms with Crippen LogP contribution < -0.4 is 11.3 Å². The molecule has 1 aromatic rings. The van der Waals surface area contributed by atoms with Crippen molar-refractivity contribution in [2.45, 2.75) is 52.4 Å². The summed E-state index contributed by atoms with van der Waals surface area (Å²) < 4.78 is 0. The van der Waals surface area contributed by atoms with E-state index in [1.54, 1.807) is 0 Å². The van der Waals surface area contributed by atoms with Gasteiger partial charge in [0.25, 0.3) is 5.91 Å². The standard InChI is InChI=1S/C12H21N3OS/c1-11(2,3)8-7(9(16)15-13)17-10(14-8)12(4,5)6/h13H2,1-6H3,(H,15,16). The van der Waals surface area contributed by atoms with Crippen molar-refractivity contribution < 1.29 is 4.79 Å². The molecular formula is C12H21N3OS. The Morgan fingerprint density at radius 3 is 2.06 bits per heavy atom. The predicted octanol–water partition coefficient (Wildman–Crippen LogP) is 2.34. The summed E-state index contributed by atoms with van der Waals surface area (Å²) in [7, 11) is 0. The maximum atomic E-state index is 11.8. The molecule has 4 nitrogen and oxygen atoms in total. The lowest BCUT2D eigenvalue weighted by molar-refractivity contribution is 0.0955. The van der Waals surface area contributed by atoms with E-state index in [9.17, 15) is 4.79 Å². The first kappa shape index (κ1) is 14.1. The van der Waals surface area contributed by atoms with Gasteiger partial charge in [0.1, 0.15) is 4.88 Å². The number of rotatable bonds is 1. The lowest BCUT2D eigenvalue weighted by Gasteiger charge is -2.17. The minimum Gasteiger partial charge on any atom is -0.289 e. The van der Waals surface area contributed by atoms with Crippen LogP contribution in [0.1, 0.15) is 61.9 Å². The Bertz CT molecular complexity index is 424. The number of hydrogen-bond donors (Lipinski definition) is 2. The summed E-state index contributed by atoms with van der Waals surface area (Å²) in [5.41, 5.74) is 2.78. The maximum absolute atomic E-state index is 11.8. The van der Waals surface area contributed by atoms with Crippen molar-refractivity contribution in [1.29, 1.82) is 0 Å². The number of nitrogen functional groups attached to an aromatic ring is 1. The van der Waals surface area contributed by atoms with Gasteiger partial charge in [-0.1, -0.05) is 41.5 Å². The molecule has 0 spiro atoms. The second-order valence-corrected chi connectivity index (χ2v) is 7.17. The zero-order chi connectivity index (χ0) is 13.4. The maximum Gasteiger partial charge on any atom is 0.277 e. The van der Waals surface area contributed by atoms with Crippen LogP contribution in [0.5, 0.6) is 0 Å². The van der Waals surface area contributed by atoms with E-state index >= 15 is 0 Å². The summed E-state index contributed by atoms with van der Waals surface area (Å²) >= 11 is 1.42. The van der Waals surface area contributed by atoms with Crippen LogP contribution in [-0.4, -0.2) is 10.9 Å². The smallest absolute Gasteiger partial charge is 0.277 e. The number of nitrogens with zero attached hydrogens (tertiary/aromatic N) is 1. The topological polar surface area (TPSA) is 68.0 Å². The van der Waals surface area contributed by atoms with Gasteiger partial charge in [-0.2, -0.15) is 0 Å². The Kier molecular flexibility index (Phi) is 3.64. The number of thiazole rings is 1. The van der Waals surface area contributed by atoms with Gasteiger partial charge < -0.3 is 0 Å². The minimum absolute atomic E-state index is 0.0577. The van der Waals surface area contributed by atoms with E-state index in [2.05, 4.69) is 31.2 Å². The van der Waals surface area contributed by atoms with Crippen LogP contribution in [0.15, 0.2) is 0 Å². The van der Waals surface area contributed by atoms with Gasteiger partial charge in [0.05, 0.1) is 10.7 Å². The van der Waals surface area contributed by atoms with Gasteiger partial charge in [0.15, 0.2) is 0 Å². The molecule has 0 unspecified atom stereocenters. The van der Waals surface area contributed by atoms with Crippen LogP contribution in [-0.2, 0) is 10.8 Å². The lowest BCUT2D eigenvalue weighted by atomic mass is 9.90. The summed E-state index contributed by atoms with van der Waals surface area (Å²) in [6.45, 7) is 12.4. The van der Waals surface area contributed by atoms with E-state index in [0.29, 0.717) is 4.88 Å². The zero-order valence-corrected chi connectivity index (χ0v) is 12.2. The fourth-order valence-corrected chi connectivity index (χ4v) is 2.61. The number of nitrogens with one attached hydrogen (secondary N) is 1. The van der Waals surface area contributed by atoms with E-state index in [1.165, 1.54) is 11.3 Å². The van der Waals surface area contributed by atoms with E-state index in [0.717, 1.165) is 10.7 Å². The van der Waals surface area contributed by atoms with Gasteiger partial charge in [0, 0.05) is 10.8 Å². The molecule has 0 fully saturated rings. The lowest BCUT2D eigenvalue weighted by Crippen LogP contribution is -2.31. The highest BCUT2D eigenvalue weighted by Gasteiger charge is 2.30. The molecule has 0 aliphatic rings. The van der Waals surface area contributed by atoms with Crippen molar-refractivity contribution in [3.63, 3.8) is 0 Å². The van der Waals surface area contributed by atoms with E-state index in [1.807, 2.05) is 20.8 Å². The molecule has 0 saturated carbocycles. The Morgan fingerprint density at radius 1 is 1.18 bits per heavy atom. The molecule has 1 aromatic heterocycles. The number of hydrazine groups is 1. The highest BCUT2D eigenvalue weighted by molar-refractivity contribution is 7.14. The van der Waals surface area contributed by atoms with Crippen molar-refractivity contribution in [2.24, 2.45) is 5.84 Å². The number of hydrogen-bond acceptors (Lipinski definition) is 4. The molecule has 0 atom stereocenters. The van der Waals surface area contributed by atoms with Crippen molar-refractivity contribution in [3.8, 4) is 0 Å². The minimum atomic E-state index is -0.261. The van der Waals surface area contributed by atoms with Crippen molar-refractivity contribution in [3.05, 3.63) is 15.6 Å². The van der Waals surface area contributed by atoms with Gasteiger partial charge in [0.2, 0.25) is 0 Å². The molecular weight excluding hydrogens is 234 g/mol. The van der Waals surface area contributed by atoms with Crippen LogP contribution in [0, 0.1) is 0 Å². The van der Waals surface area contributed by atoms with Crippen molar-refractivity contribution >= 4 is 17.2 Å². The Morgan fingerprint density at radius 2 is 1.71 bits per heavy atom. The molecule has 0 saturated heterocycles. The predicted molar refractivity (Wildman–Crippen MR) is 71.2 cm³/mol. The molecule has 17 heavy (non-hydrogen) atoms. The first-order valence-corrected chi connectivity index (χ1v) is 6.41. The molecule has 1 heterocycles. The fourth-order valence-electron chi connectivity index (χ4n) is 1.37. The number of amides is 1. The second-order valence-electron chi connectivity index (χ2n) is 6.17. The SMILES string of the molecule is CC(C)(C)c1nc(C(C)(C)C)c(C(=O)NN)s1. The van der Waals surface area contributed by atoms with Crippen LogP contribution in [0.25, 0.3) is 0 Å². The Labute approximate surface area is 107 Å². The second kappa shape index (κ2) is 4.38. The summed E-state index contributed by atoms with van der Waals surface area (Å²) in [6.07, 6.45) is 0. The van der Waals surface area contributed by atoms with E-state index in [-0.39, 0.29) is 16.7 Å². The van der Waals surface area contributed by atoms with Gasteiger partial charge in [-0.25, -0.2) is 10.8 Å². The third kappa shape index (κ3) is 3.04. The monoisotopic (exact) mass is 255 g/mol. The Hall–Kier alpha value is -0.940. The highest BCUT2D eigenvalue weighted by atomic mass is 32.1. The molecule has 5 heteroatoms. The highest BCUT2D eigenvalue weighted by Crippen LogP contribution is 2.34. The fraction of sp³-hybridized carbons (Fsp3) is 0.667. The quantitative estimate of drug-likeness (QED) is 0.460. The normalized spacial score (nSPS) is 12.6. The van der Waals surface area contributed by atoms with Crippen LogP contribution >= 0.6 is 11.3 Å². The zero-order valence-electron chi connectivity index (χ0n) is 11.3. The van der Waals surface area contributed by atoms with Crippen molar-refractivity contribution in [2.75, 3.05) is 0 Å². The first-order chi connectivity index (χ1) is 7.57. The third-order valence-corrected chi connectivity index (χ3v) is 3.80. The average Bonchev–Trinajstić information content (AvgIpc) is 2.59. The van der Waals surface area contributed by atoms with Gasteiger partial charge in [-0.15, -0.1) is 11.3 Å². The average molecular weight is 255 g/mol. The molecule has 3 N–H and O–H groups in total. The van der Waals surface area contributed by atoms with Gasteiger partial charge in [-0.3, -0.25) is 10.2 Å². The van der Waals surface area contributed by atoms with Gasteiger partial charge in [-0.05, 0) is 0 Å². The van der Waals surface area contributed by atoms with E-state index < -0.39 is 0 Å². The molecule has 96 valence electrons. The number of carbonyl (C=O) groups excluding carboxylic acids is 1. The third-order valence-electron chi connectivity index (χ3n) is 2.32. The molecule has 1 amide bonds. The summed E-state index contributed by atoms with van der Waals surface area (Å²) in [5, 5.41) is 0.959. The first-order valence-electron chi connectivity index (χ1n) is 5.60. The molecule has 0 radical (unpaired) electrons. The molecule has 1 rings (SSSR count). The molecule has 0 bridgehead atoms. The number of aromatic nitrogens is 1. The summed E-state index contributed by atoms with van der Waals surface area (Å²) in [5.74, 6) is 4.95. The largest absolute Gasteiger partial charge is 0.289 e.